The van der Waals surface area contributed by atoms with Gasteiger partial charge in [0, 0.05) is 21.5 Å². The number of hydrogen-bond acceptors (Lipinski definition) is 1. The van der Waals surface area contributed by atoms with Crippen LogP contribution in [0.3, 0.4) is 0 Å². The highest BCUT2D eigenvalue weighted by Crippen LogP contribution is 2.56. The molecule has 8 aromatic rings. The maximum atomic E-state index is 16.3. The molecule has 1 aliphatic rings. The molecule has 0 amide bonds. The van der Waals surface area contributed by atoms with Crippen molar-refractivity contribution in [2.75, 3.05) is 0 Å². The van der Waals surface area contributed by atoms with E-state index in [1.807, 2.05) is 12.1 Å². The third kappa shape index (κ3) is 3.14. The summed E-state index contributed by atoms with van der Waals surface area (Å²) in [6, 6.07) is 52.7. The Balaban J connectivity index is 1.46. The average molecular weight is 557 g/mol. The Labute approximate surface area is 243 Å². The fraction of sp³-hybridized carbons (Fsp3) is 0. The molecule has 6 aromatic carbocycles. The molecule has 1 atom stereocenters. The van der Waals surface area contributed by atoms with Gasteiger partial charge in [-0.05, 0) is 59.0 Å². The Morgan fingerprint density at radius 1 is 0.476 bits per heavy atom. The van der Waals surface area contributed by atoms with Gasteiger partial charge in [-0.25, -0.2) is 0 Å². The third-order valence-corrected chi connectivity index (χ3v) is 11.7. The Kier molecular flexibility index (Phi) is 4.88. The van der Waals surface area contributed by atoms with Crippen LogP contribution in [0.5, 0.6) is 0 Å². The average Bonchev–Trinajstić information content (AvgIpc) is 3.61. The van der Waals surface area contributed by atoms with Crippen molar-refractivity contribution in [2.24, 2.45) is 0 Å². The van der Waals surface area contributed by atoms with E-state index in [4.69, 9.17) is 0 Å². The zero-order chi connectivity index (χ0) is 27.8. The van der Waals surface area contributed by atoms with Crippen LogP contribution in [0.1, 0.15) is 0 Å². The fourth-order valence-electron chi connectivity index (χ4n) is 6.78. The predicted molar refractivity (Wildman–Crippen MR) is 176 cm³/mol. The summed E-state index contributed by atoms with van der Waals surface area (Å²) in [6.07, 6.45) is 0. The van der Waals surface area contributed by atoms with Crippen LogP contribution in [-0.2, 0) is 4.57 Å². The first-order valence-corrected chi connectivity index (χ1v) is 15.9. The minimum atomic E-state index is -3.43. The van der Waals surface area contributed by atoms with Crippen LogP contribution in [0, 0.1) is 0 Å². The number of hydrogen-bond donors (Lipinski definition) is 0. The molecule has 0 aliphatic carbocycles. The molecule has 198 valence electrons. The predicted octanol–water partition coefficient (Wildman–Crippen LogP) is 9.16. The lowest BCUT2D eigenvalue weighted by atomic mass is 10.1. The van der Waals surface area contributed by atoms with E-state index in [1.165, 1.54) is 0 Å². The molecular weight excluding hydrogens is 531 g/mol. The molecule has 0 spiro atoms. The van der Waals surface area contributed by atoms with Crippen molar-refractivity contribution in [3.05, 3.63) is 152 Å². The van der Waals surface area contributed by atoms with Crippen LogP contribution in [0.2, 0.25) is 0 Å². The van der Waals surface area contributed by atoms with Crippen LogP contribution in [0.4, 0.5) is 0 Å². The summed E-state index contributed by atoms with van der Waals surface area (Å²) in [5, 5.41) is 6.12. The second kappa shape index (κ2) is 8.69. The summed E-state index contributed by atoms with van der Waals surface area (Å²) < 4.78 is 20.8. The number of aromatic nitrogens is 2. The summed E-state index contributed by atoms with van der Waals surface area (Å²) in [6.45, 7) is 0. The van der Waals surface area contributed by atoms with Crippen molar-refractivity contribution in [3.8, 4) is 28.2 Å². The largest absolute Gasteiger partial charge is 0.306 e. The molecule has 0 saturated heterocycles. The van der Waals surface area contributed by atoms with E-state index in [-0.39, 0.29) is 0 Å². The van der Waals surface area contributed by atoms with E-state index in [2.05, 4.69) is 148 Å². The summed E-state index contributed by atoms with van der Waals surface area (Å²) >= 11 is 0. The molecule has 2 aromatic heterocycles. The van der Waals surface area contributed by atoms with E-state index >= 15 is 4.57 Å². The molecule has 9 rings (SSSR count). The zero-order valence-electron chi connectivity index (χ0n) is 22.7. The maximum Gasteiger partial charge on any atom is 0.236 e. The fourth-order valence-corrected chi connectivity index (χ4v) is 9.79. The van der Waals surface area contributed by atoms with Crippen LogP contribution in [0.15, 0.2) is 152 Å². The lowest BCUT2D eigenvalue weighted by Gasteiger charge is -2.25. The smallest absolute Gasteiger partial charge is 0.236 e. The summed E-state index contributed by atoms with van der Waals surface area (Å²) in [5.74, 6) is 0. The molecule has 3 nitrogen and oxygen atoms in total. The number of fused-ring (bicyclic) bond motifs is 11. The van der Waals surface area contributed by atoms with Gasteiger partial charge in [-0.15, -0.1) is 0 Å². The van der Waals surface area contributed by atoms with Crippen molar-refractivity contribution >= 4 is 50.5 Å². The molecule has 3 heterocycles. The zero-order valence-corrected chi connectivity index (χ0v) is 23.6. The molecule has 0 radical (unpaired) electrons. The molecule has 42 heavy (non-hydrogen) atoms. The Morgan fingerprint density at radius 3 is 1.86 bits per heavy atom. The van der Waals surface area contributed by atoms with E-state index in [0.717, 1.165) is 71.4 Å². The van der Waals surface area contributed by atoms with Gasteiger partial charge in [0.05, 0.1) is 33.4 Å². The normalized spacial score (nSPS) is 15.8. The van der Waals surface area contributed by atoms with Gasteiger partial charge < -0.3 is 4.57 Å². The van der Waals surface area contributed by atoms with Gasteiger partial charge in [0.1, 0.15) is 0 Å². The van der Waals surface area contributed by atoms with Gasteiger partial charge in [-0.1, -0.05) is 109 Å². The number of benzene rings is 6. The first-order chi connectivity index (χ1) is 20.7. The van der Waals surface area contributed by atoms with Crippen LogP contribution in [0.25, 0.3) is 60.8 Å². The number of para-hydroxylation sites is 2. The first kappa shape index (κ1) is 23.6. The molecule has 0 bridgehead atoms. The van der Waals surface area contributed by atoms with Gasteiger partial charge >= 0.3 is 0 Å². The SMILES string of the molecule is O=P1(c2ccc(-c3ccccc3)cc2)c2ccc3ccccc3c2-n2c(cc3ccccc32)-c2cc3ccccc3n21. The van der Waals surface area contributed by atoms with E-state index in [1.54, 1.807) is 0 Å². The highest BCUT2D eigenvalue weighted by atomic mass is 31.2. The highest BCUT2D eigenvalue weighted by molar-refractivity contribution is 7.78. The van der Waals surface area contributed by atoms with Crippen molar-refractivity contribution < 1.29 is 4.57 Å². The van der Waals surface area contributed by atoms with Crippen molar-refractivity contribution in [3.63, 3.8) is 0 Å². The number of rotatable bonds is 2. The van der Waals surface area contributed by atoms with Crippen LogP contribution in [-0.4, -0.2) is 8.90 Å². The topological polar surface area (TPSA) is 26.9 Å². The van der Waals surface area contributed by atoms with Crippen molar-refractivity contribution in [1.29, 1.82) is 0 Å². The monoisotopic (exact) mass is 556 g/mol. The van der Waals surface area contributed by atoms with Gasteiger partial charge in [-0.2, -0.15) is 0 Å². The molecule has 1 aliphatic heterocycles. The van der Waals surface area contributed by atoms with Gasteiger partial charge in [0.15, 0.2) is 0 Å². The molecular formula is C38H25N2OP. The lowest BCUT2D eigenvalue weighted by molar-refractivity contribution is 0.583. The summed E-state index contributed by atoms with van der Waals surface area (Å²) in [4.78, 5) is 0. The molecule has 1 unspecified atom stereocenters. The second-order valence-electron chi connectivity index (χ2n) is 11.0. The minimum Gasteiger partial charge on any atom is -0.306 e. The maximum absolute atomic E-state index is 16.3. The minimum absolute atomic E-state index is 0.816. The van der Waals surface area contributed by atoms with Crippen LogP contribution < -0.4 is 10.6 Å². The van der Waals surface area contributed by atoms with E-state index in [0.29, 0.717) is 0 Å². The summed E-state index contributed by atoms with van der Waals surface area (Å²) in [7, 11) is -3.43. The van der Waals surface area contributed by atoms with Crippen molar-refractivity contribution in [1.82, 2.24) is 8.90 Å². The second-order valence-corrected chi connectivity index (χ2v) is 13.5. The van der Waals surface area contributed by atoms with Gasteiger partial charge in [0.2, 0.25) is 7.29 Å². The third-order valence-electron chi connectivity index (χ3n) is 8.69. The molecule has 0 N–H and O–H groups in total. The first-order valence-electron chi connectivity index (χ1n) is 14.2. The van der Waals surface area contributed by atoms with Gasteiger partial charge in [0.25, 0.3) is 0 Å². The Bertz CT molecular complexity index is 2380. The van der Waals surface area contributed by atoms with Crippen molar-refractivity contribution in [2.45, 2.75) is 0 Å². The number of nitrogens with zero attached hydrogens (tertiary/aromatic N) is 2. The van der Waals surface area contributed by atoms with Crippen LogP contribution >= 0.6 is 7.29 Å². The van der Waals surface area contributed by atoms with Gasteiger partial charge in [-0.3, -0.25) is 8.90 Å². The molecule has 0 saturated carbocycles. The Hall–Kier alpha value is -5.11. The quantitative estimate of drug-likeness (QED) is 0.195. The highest BCUT2D eigenvalue weighted by Gasteiger charge is 2.40. The summed E-state index contributed by atoms with van der Waals surface area (Å²) in [5.41, 5.74) is 7.33. The molecule has 4 heteroatoms. The van der Waals surface area contributed by atoms with E-state index in [9.17, 15) is 0 Å². The standard InChI is InChI=1S/C38H25N2OP/c41-42(31-21-18-27(19-22-31)26-10-2-1-3-11-26)37-23-20-28-12-4-7-15-32(28)38(37)39-33-16-8-5-13-29(33)24-35(39)36-25-30-14-6-9-17-34(30)40(36)42/h1-25H. The lowest BCUT2D eigenvalue weighted by Crippen LogP contribution is -2.23. The molecule has 0 fully saturated rings. The Morgan fingerprint density at radius 2 is 1.07 bits per heavy atom. The van der Waals surface area contributed by atoms with E-state index < -0.39 is 7.29 Å².